The molecule has 3 nitrogen and oxygen atoms in total. The molecule has 0 spiro atoms. The van der Waals surface area contributed by atoms with Crippen LogP contribution in [0.25, 0.3) is 10.9 Å². The third-order valence-electron chi connectivity index (χ3n) is 2.05. The summed E-state index contributed by atoms with van der Waals surface area (Å²) in [5, 5.41) is 0.824. The van der Waals surface area contributed by atoms with Crippen LogP contribution in [0.5, 0.6) is 0 Å². The molecule has 0 saturated heterocycles. The van der Waals surface area contributed by atoms with Crippen molar-refractivity contribution in [1.82, 2.24) is 9.97 Å². The smallest absolute Gasteiger partial charge is 0.165 e. The highest BCUT2D eigenvalue weighted by Crippen LogP contribution is 2.19. The quantitative estimate of drug-likeness (QED) is 0.859. The summed E-state index contributed by atoms with van der Waals surface area (Å²) in [5.41, 5.74) is 6.95. The molecule has 3 N–H and O–H groups in total. The van der Waals surface area contributed by atoms with Gasteiger partial charge in [-0.05, 0) is 18.5 Å². The summed E-state index contributed by atoms with van der Waals surface area (Å²) >= 11 is 0. The summed E-state index contributed by atoms with van der Waals surface area (Å²) in [7, 11) is 0. The number of H-pyrrole nitrogens is 1. The van der Waals surface area contributed by atoms with Crippen molar-refractivity contribution >= 4 is 35.7 Å². The number of nitrogens with two attached hydrogens (primary N) is 1. The highest BCUT2D eigenvalue weighted by atomic mass is 35.5. The first-order valence-corrected chi connectivity index (χ1v) is 4.12. The molecule has 0 saturated carbocycles. The summed E-state index contributed by atoms with van der Waals surface area (Å²) in [6.07, 6.45) is 5.37. The molecule has 15 heavy (non-hydrogen) atoms. The number of nitrogens with one attached hydrogen (secondary N) is 1. The molecular formula is C9H12Cl2FN3. The van der Waals surface area contributed by atoms with Crippen LogP contribution < -0.4 is 5.73 Å². The molecule has 2 heterocycles. The summed E-state index contributed by atoms with van der Waals surface area (Å²) in [5.74, 6) is -0.319. The van der Waals surface area contributed by atoms with E-state index in [4.69, 9.17) is 5.73 Å². The van der Waals surface area contributed by atoms with Crippen molar-refractivity contribution in [2.45, 2.75) is 6.42 Å². The van der Waals surface area contributed by atoms with E-state index in [9.17, 15) is 4.39 Å². The Morgan fingerprint density at radius 3 is 2.73 bits per heavy atom. The molecule has 0 aliphatic heterocycles. The maximum Gasteiger partial charge on any atom is 0.165 e. The van der Waals surface area contributed by atoms with Crippen LogP contribution in [0.1, 0.15) is 5.56 Å². The van der Waals surface area contributed by atoms with Crippen molar-refractivity contribution in [3.05, 3.63) is 30.0 Å². The Morgan fingerprint density at radius 1 is 1.33 bits per heavy atom. The normalized spacial score (nSPS) is 9.47. The van der Waals surface area contributed by atoms with Crippen molar-refractivity contribution < 1.29 is 4.39 Å². The predicted octanol–water partition coefficient (Wildman–Crippen LogP) is 2.05. The van der Waals surface area contributed by atoms with E-state index in [0.717, 1.165) is 17.4 Å². The number of pyridine rings is 1. The van der Waals surface area contributed by atoms with E-state index in [1.807, 2.05) is 0 Å². The van der Waals surface area contributed by atoms with Gasteiger partial charge >= 0.3 is 0 Å². The van der Waals surface area contributed by atoms with E-state index in [-0.39, 0.29) is 30.6 Å². The van der Waals surface area contributed by atoms with Gasteiger partial charge in [0, 0.05) is 17.8 Å². The van der Waals surface area contributed by atoms with E-state index >= 15 is 0 Å². The molecule has 0 bridgehead atoms. The summed E-state index contributed by atoms with van der Waals surface area (Å²) < 4.78 is 13.1. The first-order chi connectivity index (χ1) is 6.33. The van der Waals surface area contributed by atoms with Crippen LogP contribution in [0.3, 0.4) is 0 Å². The number of hydrogen-bond acceptors (Lipinski definition) is 2. The SMILES string of the molecule is Cl.Cl.NCCc1c[nH]c2c(F)cncc12. The fourth-order valence-electron chi connectivity index (χ4n) is 1.42. The molecule has 0 fully saturated rings. The standard InChI is InChI=1S/C9H10FN3.2ClH/c10-8-5-12-4-7-6(1-2-11)3-13-9(7)8;;/h3-5,13H,1-2,11H2;2*1H. The van der Waals surface area contributed by atoms with Crippen LogP contribution in [0.4, 0.5) is 4.39 Å². The monoisotopic (exact) mass is 251 g/mol. The van der Waals surface area contributed by atoms with Gasteiger partial charge in [0.25, 0.3) is 0 Å². The van der Waals surface area contributed by atoms with Gasteiger partial charge in [-0.3, -0.25) is 4.98 Å². The lowest BCUT2D eigenvalue weighted by atomic mass is 10.1. The largest absolute Gasteiger partial charge is 0.358 e. The fraction of sp³-hybridized carbons (Fsp3) is 0.222. The van der Waals surface area contributed by atoms with Gasteiger partial charge in [-0.15, -0.1) is 24.8 Å². The van der Waals surface area contributed by atoms with Crippen molar-refractivity contribution in [1.29, 1.82) is 0 Å². The van der Waals surface area contributed by atoms with E-state index in [1.54, 1.807) is 12.4 Å². The highest BCUT2D eigenvalue weighted by molar-refractivity contribution is 5.85. The minimum Gasteiger partial charge on any atom is -0.358 e. The van der Waals surface area contributed by atoms with E-state index < -0.39 is 0 Å². The lowest BCUT2D eigenvalue weighted by Gasteiger charge is -1.94. The lowest BCUT2D eigenvalue weighted by Crippen LogP contribution is -2.01. The number of hydrogen-bond donors (Lipinski definition) is 2. The molecule has 6 heteroatoms. The highest BCUT2D eigenvalue weighted by Gasteiger charge is 2.06. The maximum absolute atomic E-state index is 13.1. The average molecular weight is 252 g/mol. The third-order valence-corrected chi connectivity index (χ3v) is 2.05. The Morgan fingerprint density at radius 2 is 2.07 bits per heavy atom. The zero-order valence-corrected chi connectivity index (χ0v) is 9.50. The van der Waals surface area contributed by atoms with Gasteiger partial charge in [0.05, 0.1) is 11.7 Å². The van der Waals surface area contributed by atoms with Crippen molar-refractivity contribution in [3.8, 4) is 0 Å². The summed E-state index contributed by atoms with van der Waals surface area (Å²) in [4.78, 5) is 6.66. The molecular weight excluding hydrogens is 240 g/mol. The van der Waals surface area contributed by atoms with Gasteiger partial charge < -0.3 is 10.7 Å². The molecule has 0 radical (unpaired) electrons. The molecule has 0 amide bonds. The first-order valence-electron chi connectivity index (χ1n) is 4.12. The Labute approximate surface area is 99.1 Å². The molecule has 2 aromatic rings. The van der Waals surface area contributed by atoms with Crippen LogP contribution in [-0.4, -0.2) is 16.5 Å². The second-order valence-corrected chi connectivity index (χ2v) is 2.90. The Hall–Kier alpha value is -0.840. The summed E-state index contributed by atoms with van der Waals surface area (Å²) in [6, 6.07) is 0. The lowest BCUT2D eigenvalue weighted by molar-refractivity contribution is 0.631. The number of rotatable bonds is 2. The van der Waals surface area contributed by atoms with Gasteiger partial charge in [-0.2, -0.15) is 0 Å². The van der Waals surface area contributed by atoms with Crippen LogP contribution in [0.15, 0.2) is 18.6 Å². The van der Waals surface area contributed by atoms with Crippen molar-refractivity contribution in [2.75, 3.05) is 6.54 Å². The van der Waals surface area contributed by atoms with Crippen LogP contribution in [0, 0.1) is 5.82 Å². The second kappa shape index (κ2) is 5.90. The third kappa shape index (κ3) is 2.59. The predicted molar refractivity (Wildman–Crippen MR) is 63.3 cm³/mol. The van der Waals surface area contributed by atoms with Crippen molar-refractivity contribution in [3.63, 3.8) is 0 Å². The van der Waals surface area contributed by atoms with Crippen LogP contribution >= 0.6 is 24.8 Å². The number of halogens is 3. The van der Waals surface area contributed by atoms with Gasteiger partial charge in [-0.1, -0.05) is 0 Å². The number of aromatic amines is 1. The molecule has 0 atom stereocenters. The fourth-order valence-corrected chi connectivity index (χ4v) is 1.42. The van der Waals surface area contributed by atoms with Gasteiger partial charge in [-0.25, -0.2) is 4.39 Å². The van der Waals surface area contributed by atoms with Gasteiger partial charge in [0.15, 0.2) is 5.82 Å². The second-order valence-electron chi connectivity index (χ2n) is 2.90. The minimum atomic E-state index is -0.319. The van der Waals surface area contributed by atoms with E-state index in [0.29, 0.717) is 12.1 Å². The van der Waals surface area contributed by atoms with Crippen LogP contribution in [0.2, 0.25) is 0 Å². The molecule has 84 valence electrons. The molecule has 0 unspecified atom stereocenters. The maximum atomic E-state index is 13.1. The number of aromatic nitrogens is 2. The first kappa shape index (κ1) is 14.2. The Bertz CT molecular complexity index is 430. The van der Waals surface area contributed by atoms with Gasteiger partial charge in [0.1, 0.15) is 0 Å². The van der Waals surface area contributed by atoms with Crippen molar-refractivity contribution in [2.24, 2.45) is 5.73 Å². The Kier molecular flexibility index (Phi) is 5.57. The average Bonchev–Trinajstić information content (AvgIpc) is 2.51. The molecule has 2 rings (SSSR count). The molecule has 0 aliphatic carbocycles. The zero-order valence-electron chi connectivity index (χ0n) is 7.87. The van der Waals surface area contributed by atoms with E-state index in [1.165, 1.54) is 6.20 Å². The number of nitrogens with zero attached hydrogens (tertiary/aromatic N) is 1. The summed E-state index contributed by atoms with van der Waals surface area (Å²) in [6.45, 7) is 0.559. The topological polar surface area (TPSA) is 54.7 Å². The van der Waals surface area contributed by atoms with E-state index in [2.05, 4.69) is 9.97 Å². The Balaban J connectivity index is 0.000000980. The zero-order chi connectivity index (χ0) is 9.26. The molecule has 0 aromatic carbocycles. The van der Waals surface area contributed by atoms with Gasteiger partial charge in [0.2, 0.25) is 0 Å². The minimum absolute atomic E-state index is 0. The molecule has 0 aliphatic rings. The molecule has 2 aromatic heterocycles. The van der Waals surface area contributed by atoms with Crippen LogP contribution in [-0.2, 0) is 6.42 Å². The number of fused-ring (bicyclic) bond motifs is 1.